The maximum absolute atomic E-state index is 13.3. The van der Waals surface area contributed by atoms with Crippen LogP contribution >= 0.6 is 0 Å². The van der Waals surface area contributed by atoms with E-state index in [0.717, 1.165) is 16.2 Å². The third-order valence-corrected chi connectivity index (χ3v) is 6.63. The van der Waals surface area contributed by atoms with E-state index in [9.17, 15) is 13.2 Å². The van der Waals surface area contributed by atoms with E-state index < -0.39 is 16.1 Å². The molecule has 8 nitrogen and oxygen atoms in total. The average Bonchev–Trinajstić information content (AvgIpc) is 2.78. The van der Waals surface area contributed by atoms with Gasteiger partial charge in [0.05, 0.1) is 26.2 Å². The van der Waals surface area contributed by atoms with Crippen LogP contribution in [0.15, 0.2) is 48.5 Å². The summed E-state index contributed by atoms with van der Waals surface area (Å²) in [5.74, 6) is 0.573. The van der Waals surface area contributed by atoms with Crippen LogP contribution in [-0.4, -0.2) is 71.9 Å². The lowest BCUT2D eigenvalue weighted by molar-refractivity contribution is -0.132. The summed E-state index contributed by atoms with van der Waals surface area (Å²) in [4.78, 5) is 17.2. The summed E-state index contributed by atoms with van der Waals surface area (Å²) in [7, 11) is -0.816. The van der Waals surface area contributed by atoms with Crippen molar-refractivity contribution in [1.82, 2.24) is 4.90 Å². The molecule has 1 aliphatic heterocycles. The monoisotopic (exact) mass is 447 g/mol. The molecule has 1 aliphatic rings. The smallest absolute Gasteiger partial charge is 0.246 e. The summed E-state index contributed by atoms with van der Waals surface area (Å²) >= 11 is 0. The third-order valence-electron chi connectivity index (χ3n) is 5.40. The molecule has 1 unspecified atom stereocenters. The van der Waals surface area contributed by atoms with Crippen molar-refractivity contribution in [2.45, 2.75) is 13.0 Å². The number of carbonyl (C=O) groups excluding carboxylic acids is 1. The van der Waals surface area contributed by atoms with Gasteiger partial charge in [-0.2, -0.15) is 0 Å². The van der Waals surface area contributed by atoms with Crippen LogP contribution in [-0.2, 0) is 14.8 Å². The van der Waals surface area contributed by atoms with Gasteiger partial charge < -0.3 is 19.3 Å². The summed E-state index contributed by atoms with van der Waals surface area (Å²) in [6.45, 7) is 4.01. The Morgan fingerprint density at radius 3 is 2.19 bits per heavy atom. The Balaban J connectivity index is 1.82. The number of piperazine rings is 1. The molecule has 9 heteroatoms. The van der Waals surface area contributed by atoms with Gasteiger partial charge in [-0.25, -0.2) is 8.42 Å². The number of carbonyl (C=O) groups is 1. The number of amides is 1. The van der Waals surface area contributed by atoms with Crippen molar-refractivity contribution in [3.63, 3.8) is 0 Å². The maximum Gasteiger partial charge on any atom is 0.246 e. The number of para-hydroxylation sites is 1. The van der Waals surface area contributed by atoms with Crippen LogP contribution in [0.1, 0.15) is 6.92 Å². The Labute approximate surface area is 184 Å². The average molecular weight is 448 g/mol. The highest BCUT2D eigenvalue weighted by Gasteiger charge is 2.35. The largest absolute Gasteiger partial charge is 0.497 e. The van der Waals surface area contributed by atoms with Gasteiger partial charge in [0.25, 0.3) is 0 Å². The molecule has 0 aromatic heterocycles. The van der Waals surface area contributed by atoms with Gasteiger partial charge in [0, 0.05) is 37.9 Å². The predicted octanol–water partition coefficient (Wildman–Crippen LogP) is 2.21. The molecule has 0 bridgehead atoms. The molecule has 1 saturated heterocycles. The van der Waals surface area contributed by atoms with Crippen LogP contribution in [0.2, 0.25) is 0 Å². The van der Waals surface area contributed by atoms with Crippen LogP contribution in [0.25, 0.3) is 0 Å². The molecule has 3 rings (SSSR count). The molecule has 168 valence electrons. The molecular formula is C22H29N3O5S. The summed E-state index contributed by atoms with van der Waals surface area (Å²) in [6.07, 6.45) is 1.09. The van der Waals surface area contributed by atoms with Gasteiger partial charge in [0.1, 0.15) is 17.5 Å². The van der Waals surface area contributed by atoms with Crippen LogP contribution in [0.4, 0.5) is 11.4 Å². The van der Waals surface area contributed by atoms with Crippen molar-refractivity contribution in [2.24, 2.45) is 0 Å². The lowest BCUT2D eigenvalue weighted by Crippen LogP contribution is -2.55. The Hall–Kier alpha value is -2.94. The van der Waals surface area contributed by atoms with Crippen molar-refractivity contribution in [3.8, 4) is 11.5 Å². The molecule has 1 amide bonds. The third kappa shape index (κ3) is 5.04. The fourth-order valence-corrected chi connectivity index (χ4v) is 5.00. The zero-order chi connectivity index (χ0) is 22.6. The number of anilines is 2. The molecule has 1 fully saturated rings. The molecule has 0 spiro atoms. The van der Waals surface area contributed by atoms with E-state index >= 15 is 0 Å². The van der Waals surface area contributed by atoms with Crippen LogP contribution < -0.4 is 18.7 Å². The van der Waals surface area contributed by atoms with Crippen molar-refractivity contribution >= 4 is 27.3 Å². The standard InChI is InChI=1S/C22H29N3O5S/c1-17(22(26)24-14-12-23(13-15-24)18-8-6-5-7-9-18)25(31(4,27)28)20-16-19(29-2)10-11-21(20)30-3/h5-11,16-17H,12-15H2,1-4H3. The first-order valence-electron chi connectivity index (χ1n) is 10.1. The highest BCUT2D eigenvalue weighted by Crippen LogP contribution is 2.35. The van der Waals surface area contributed by atoms with Crippen LogP contribution in [0.3, 0.4) is 0 Å². The van der Waals surface area contributed by atoms with Gasteiger partial charge in [-0.3, -0.25) is 9.10 Å². The van der Waals surface area contributed by atoms with E-state index in [2.05, 4.69) is 4.90 Å². The second-order valence-corrected chi connectivity index (χ2v) is 9.28. The minimum atomic E-state index is -3.77. The normalized spacial score (nSPS) is 15.4. The lowest BCUT2D eigenvalue weighted by Gasteiger charge is -2.39. The number of ether oxygens (including phenoxy) is 2. The van der Waals surface area contributed by atoms with Gasteiger partial charge in [0.15, 0.2) is 0 Å². The highest BCUT2D eigenvalue weighted by molar-refractivity contribution is 7.92. The van der Waals surface area contributed by atoms with Gasteiger partial charge in [0.2, 0.25) is 15.9 Å². The van der Waals surface area contributed by atoms with Crippen LogP contribution in [0, 0.1) is 0 Å². The summed E-state index contributed by atoms with van der Waals surface area (Å²) in [6, 6.07) is 14.0. The number of nitrogens with zero attached hydrogens (tertiary/aromatic N) is 3. The number of sulfonamides is 1. The number of benzene rings is 2. The maximum atomic E-state index is 13.3. The topological polar surface area (TPSA) is 79.4 Å². The molecule has 31 heavy (non-hydrogen) atoms. The molecule has 2 aromatic carbocycles. The zero-order valence-electron chi connectivity index (χ0n) is 18.3. The molecule has 0 N–H and O–H groups in total. The molecule has 0 aliphatic carbocycles. The molecule has 0 saturated carbocycles. The van der Waals surface area contributed by atoms with Gasteiger partial charge in [-0.05, 0) is 31.2 Å². The SMILES string of the molecule is COc1ccc(OC)c(N(C(C)C(=O)N2CCN(c3ccccc3)CC2)S(C)(=O)=O)c1. The molecule has 1 heterocycles. The summed E-state index contributed by atoms with van der Waals surface area (Å²) in [5, 5.41) is 0. The van der Waals surface area contributed by atoms with Gasteiger partial charge >= 0.3 is 0 Å². The number of methoxy groups -OCH3 is 2. The first-order chi connectivity index (χ1) is 14.8. The highest BCUT2D eigenvalue weighted by atomic mass is 32.2. The van der Waals surface area contributed by atoms with E-state index in [1.54, 1.807) is 30.0 Å². The predicted molar refractivity (Wildman–Crippen MR) is 122 cm³/mol. The Kier molecular flexibility index (Phi) is 6.94. The minimum absolute atomic E-state index is 0.247. The molecule has 2 aromatic rings. The van der Waals surface area contributed by atoms with E-state index in [1.165, 1.54) is 14.2 Å². The van der Waals surface area contributed by atoms with Crippen molar-refractivity contribution in [3.05, 3.63) is 48.5 Å². The first kappa shape index (κ1) is 22.7. The second kappa shape index (κ2) is 9.47. The Morgan fingerprint density at radius 2 is 1.65 bits per heavy atom. The van der Waals surface area contributed by atoms with E-state index in [4.69, 9.17) is 9.47 Å². The van der Waals surface area contributed by atoms with Gasteiger partial charge in [-0.15, -0.1) is 0 Å². The Bertz CT molecular complexity index is 1010. The van der Waals surface area contributed by atoms with Crippen molar-refractivity contribution < 1.29 is 22.7 Å². The second-order valence-electron chi connectivity index (χ2n) is 7.42. The zero-order valence-corrected chi connectivity index (χ0v) is 19.1. The first-order valence-corrected chi connectivity index (χ1v) is 11.9. The fraction of sp³-hybridized carbons (Fsp3) is 0.409. The summed E-state index contributed by atoms with van der Waals surface area (Å²) < 4.78 is 37.2. The number of hydrogen-bond acceptors (Lipinski definition) is 6. The summed E-state index contributed by atoms with van der Waals surface area (Å²) in [5.41, 5.74) is 1.38. The van der Waals surface area contributed by atoms with Crippen molar-refractivity contribution in [2.75, 3.05) is 55.9 Å². The quantitative estimate of drug-likeness (QED) is 0.648. The fourth-order valence-electron chi connectivity index (χ4n) is 3.83. The lowest BCUT2D eigenvalue weighted by atomic mass is 10.2. The molecular weight excluding hydrogens is 418 g/mol. The van der Waals surface area contributed by atoms with Gasteiger partial charge in [-0.1, -0.05) is 18.2 Å². The molecule has 1 atom stereocenters. The minimum Gasteiger partial charge on any atom is -0.497 e. The number of rotatable bonds is 7. The van der Waals surface area contributed by atoms with E-state index in [-0.39, 0.29) is 11.6 Å². The Morgan fingerprint density at radius 1 is 1.00 bits per heavy atom. The molecule has 0 radical (unpaired) electrons. The van der Waals surface area contributed by atoms with E-state index in [0.29, 0.717) is 37.7 Å². The number of hydrogen-bond donors (Lipinski definition) is 0. The van der Waals surface area contributed by atoms with E-state index in [1.807, 2.05) is 30.3 Å². The van der Waals surface area contributed by atoms with Crippen molar-refractivity contribution in [1.29, 1.82) is 0 Å². The van der Waals surface area contributed by atoms with Crippen LogP contribution in [0.5, 0.6) is 11.5 Å².